The summed E-state index contributed by atoms with van der Waals surface area (Å²) in [5.41, 5.74) is 7.08. The summed E-state index contributed by atoms with van der Waals surface area (Å²) in [5.74, 6) is -4.58. The number of carbonyl (C=O) groups is 1. The Morgan fingerprint density at radius 2 is 1.48 bits per heavy atom. The van der Waals surface area contributed by atoms with Crippen molar-refractivity contribution in [1.29, 1.82) is 0 Å². The van der Waals surface area contributed by atoms with E-state index in [1.165, 1.54) is 0 Å². The summed E-state index contributed by atoms with van der Waals surface area (Å²) in [6.45, 7) is 3.41. The highest BCUT2D eigenvalue weighted by Gasteiger charge is 2.20. The second-order valence-electron chi connectivity index (χ2n) is 4.73. The largest absolute Gasteiger partial charge is 0.399 e. The molecule has 6 heteroatoms. The zero-order chi connectivity index (χ0) is 15.7. The molecule has 0 saturated carbocycles. The highest BCUT2D eigenvalue weighted by molar-refractivity contribution is 6.05. The molecule has 0 aliphatic carbocycles. The van der Waals surface area contributed by atoms with E-state index in [0.29, 0.717) is 34.6 Å². The topological polar surface area (TPSA) is 55.1 Å². The molecule has 3 N–H and O–H groups in total. The number of carbonyl (C=O) groups excluding carboxylic acids is 1. The summed E-state index contributed by atoms with van der Waals surface area (Å²) in [6, 6.07) is 4.17. The van der Waals surface area contributed by atoms with E-state index in [1.54, 1.807) is 26.0 Å². The monoisotopic (exact) mass is 294 g/mol. The van der Waals surface area contributed by atoms with E-state index in [0.717, 1.165) is 0 Å². The third kappa shape index (κ3) is 2.99. The van der Waals surface area contributed by atoms with Crippen LogP contribution in [0.1, 0.15) is 21.5 Å². The minimum absolute atomic E-state index is 0.414. The number of hydrogen-bond donors (Lipinski definition) is 2. The van der Waals surface area contributed by atoms with Gasteiger partial charge in [0.05, 0.1) is 0 Å². The fraction of sp³-hybridized carbons (Fsp3) is 0.133. The predicted molar refractivity (Wildman–Crippen MR) is 74.6 cm³/mol. The zero-order valence-corrected chi connectivity index (χ0v) is 11.4. The Balaban J connectivity index is 2.40. The van der Waals surface area contributed by atoms with Gasteiger partial charge in [0.15, 0.2) is 0 Å². The van der Waals surface area contributed by atoms with Gasteiger partial charge in [-0.3, -0.25) is 4.79 Å². The molecule has 2 aromatic rings. The van der Waals surface area contributed by atoms with Crippen LogP contribution in [0.15, 0.2) is 24.3 Å². The highest BCUT2D eigenvalue weighted by Crippen LogP contribution is 2.25. The maximum absolute atomic E-state index is 13.6. The molecule has 0 aromatic heterocycles. The molecule has 1 amide bonds. The van der Waals surface area contributed by atoms with Crippen molar-refractivity contribution >= 4 is 17.3 Å². The van der Waals surface area contributed by atoms with Crippen molar-refractivity contribution in [2.45, 2.75) is 13.8 Å². The number of benzene rings is 2. The predicted octanol–water partition coefficient (Wildman–Crippen LogP) is 3.56. The second-order valence-corrected chi connectivity index (χ2v) is 4.73. The van der Waals surface area contributed by atoms with Crippen molar-refractivity contribution in [3.8, 4) is 0 Å². The molecule has 0 unspecified atom stereocenters. The van der Waals surface area contributed by atoms with Crippen LogP contribution in [0.4, 0.5) is 24.5 Å². The van der Waals surface area contributed by atoms with Crippen LogP contribution in [-0.4, -0.2) is 5.91 Å². The van der Waals surface area contributed by atoms with Crippen LogP contribution in [0.25, 0.3) is 0 Å². The third-order valence-corrected chi connectivity index (χ3v) is 3.03. The summed E-state index contributed by atoms with van der Waals surface area (Å²) < 4.78 is 40.0. The van der Waals surface area contributed by atoms with Gasteiger partial charge in [-0.05, 0) is 37.1 Å². The Kier molecular flexibility index (Phi) is 3.88. The van der Waals surface area contributed by atoms with E-state index in [2.05, 4.69) is 5.32 Å². The van der Waals surface area contributed by atoms with E-state index < -0.39 is 28.9 Å². The van der Waals surface area contributed by atoms with Gasteiger partial charge in [0, 0.05) is 23.5 Å². The SMILES string of the molecule is Cc1cc(N)cc(C)c1NC(=O)c1c(F)cc(F)cc1F. The lowest BCUT2D eigenvalue weighted by Gasteiger charge is -2.13. The van der Waals surface area contributed by atoms with Gasteiger partial charge >= 0.3 is 0 Å². The molecule has 110 valence electrons. The number of rotatable bonds is 2. The number of nitrogen functional groups attached to an aromatic ring is 1. The van der Waals surface area contributed by atoms with Gasteiger partial charge in [-0.2, -0.15) is 0 Å². The normalized spacial score (nSPS) is 10.5. The number of anilines is 2. The Morgan fingerprint density at radius 1 is 1.00 bits per heavy atom. The molecule has 0 aliphatic rings. The van der Waals surface area contributed by atoms with Gasteiger partial charge in [-0.25, -0.2) is 13.2 Å². The molecular formula is C15H13F3N2O. The number of nitrogens with two attached hydrogens (primary N) is 1. The van der Waals surface area contributed by atoms with Crippen LogP contribution >= 0.6 is 0 Å². The smallest absolute Gasteiger partial charge is 0.261 e. The molecule has 3 nitrogen and oxygen atoms in total. The second kappa shape index (κ2) is 5.47. The van der Waals surface area contributed by atoms with E-state index in [4.69, 9.17) is 5.73 Å². The first-order valence-electron chi connectivity index (χ1n) is 6.12. The first-order chi connectivity index (χ1) is 9.79. The standard InChI is InChI=1S/C15H13F3N2O/c1-7-3-10(19)4-8(2)14(7)20-15(21)13-11(17)5-9(16)6-12(13)18/h3-6H,19H2,1-2H3,(H,20,21). The number of nitrogens with one attached hydrogen (secondary N) is 1. The molecule has 0 radical (unpaired) electrons. The summed E-state index contributed by atoms with van der Waals surface area (Å²) >= 11 is 0. The van der Waals surface area contributed by atoms with Gasteiger partial charge in [0.1, 0.15) is 23.0 Å². The quantitative estimate of drug-likeness (QED) is 0.832. The van der Waals surface area contributed by atoms with Gasteiger partial charge in [-0.15, -0.1) is 0 Å². The van der Waals surface area contributed by atoms with E-state index >= 15 is 0 Å². The molecule has 0 aliphatic heterocycles. The Labute approximate surface area is 119 Å². The number of amides is 1. The Morgan fingerprint density at radius 3 is 1.95 bits per heavy atom. The molecule has 2 rings (SSSR count). The minimum Gasteiger partial charge on any atom is -0.399 e. The van der Waals surface area contributed by atoms with Crippen LogP contribution in [0.5, 0.6) is 0 Å². The fourth-order valence-electron chi connectivity index (χ4n) is 2.13. The maximum atomic E-state index is 13.6. The number of hydrogen-bond acceptors (Lipinski definition) is 2. The molecule has 0 saturated heterocycles. The van der Waals surface area contributed by atoms with Crippen molar-refractivity contribution in [3.63, 3.8) is 0 Å². The first-order valence-corrected chi connectivity index (χ1v) is 6.12. The van der Waals surface area contributed by atoms with Gasteiger partial charge in [-0.1, -0.05) is 0 Å². The first kappa shape index (κ1) is 14.9. The van der Waals surface area contributed by atoms with Crippen molar-refractivity contribution in [2.24, 2.45) is 0 Å². The van der Waals surface area contributed by atoms with Crippen molar-refractivity contribution in [1.82, 2.24) is 0 Å². The molecule has 0 atom stereocenters. The van der Waals surface area contributed by atoms with E-state index in [1.807, 2.05) is 0 Å². The van der Waals surface area contributed by atoms with Crippen LogP contribution < -0.4 is 11.1 Å². The van der Waals surface area contributed by atoms with Crippen LogP contribution in [0.2, 0.25) is 0 Å². The van der Waals surface area contributed by atoms with Crippen LogP contribution in [0.3, 0.4) is 0 Å². The fourth-order valence-corrected chi connectivity index (χ4v) is 2.13. The lowest BCUT2D eigenvalue weighted by Crippen LogP contribution is -2.17. The molecule has 0 spiro atoms. The average molecular weight is 294 g/mol. The molecule has 0 fully saturated rings. The molecule has 2 aromatic carbocycles. The third-order valence-electron chi connectivity index (χ3n) is 3.03. The van der Waals surface area contributed by atoms with Crippen LogP contribution in [0, 0.1) is 31.3 Å². The van der Waals surface area contributed by atoms with Crippen molar-refractivity contribution in [3.05, 3.63) is 58.4 Å². The summed E-state index contributed by atoms with van der Waals surface area (Å²) in [4.78, 5) is 12.0. The van der Waals surface area contributed by atoms with Gasteiger partial charge in [0.25, 0.3) is 5.91 Å². The van der Waals surface area contributed by atoms with E-state index in [-0.39, 0.29) is 0 Å². The molecular weight excluding hydrogens is 281 g/mol. The molecule has 21 heavy (non-hydrogen) atoms. The Hall–Kier alpha value is -2.50. The summed E-state index contributed by atoms with van der Waals surface area (Å²) in [6.07, 6.45) is 0. The van der Waals surface area contributed by atoms with Gasteiger partial charge < -0.3 is 11.1 Å². The van der Waals surface area contributed by atoms with Crippen molar-refractivity contribution < 1.29 is 18.0 Å². The lowest BCUT2D eigenvalue weighted by atomic mass is 10.1. The average Bonchev–Trinajstić information content (AvgIpc) is 2.32. The molecule has 0 heterocycles. The maximum Gasteiger partial charge on any atom is 0.261 e. The number of halogens is 3. The van der Waals surface area contributed by atoms with Gasteiger partial charge in [0.2, 0.25) is 0 Å². The number of aryl methyl sites for hydroxylation is 2. The highest BCUT2D eigenvalue weighted by atomic mass is 19.1. The Bertz CT molecular complexity index is 683. The van der Waals surface area contributed by atoms with Crippen LogP contribution in [-0.2, 0) is 0 Å². The van der Waals surface area contributed by atoms with Crippen molar-refractivity contribution in [2.75, 3.05) is 11.1 Å². The van der Waals surface area contributed by atoms with E-state index in [9.17, 15) is 18.0 Å². The zero-order valence-electron chi connectivity index (χ0n) is 11.4. The lowest BCUT2D eigenvalue weighted by molar-refractivity contribution is 0.101. The summed E-state index contributed by atoms with van der Waals surface area (Å²) in [7, 11) is 0. The minimum atomic E-state index is -1.25. The molecule has 0 bridgehead atoms. The summed E-state index contributed by atoms with van der Waals surface area (Å²) in [5, 5.41) is 2.43.